The number of methoxy groups -OCH3 is 1. The van der Waals surface area contributed by atoms with Gasteiger partial charge in [0, 0.05) is 5.41 Å². The average Bonchev–Trinajstić information content (AvgIpc) is 3.06. The molecule has 1 aliphatic carbocycles. The van der Waals surface area contributed by atoms with Gasteiger partial charge in [0.15, 0.2) is 0 Å². The van der Waals surface area contributed by atoms with Gasteiger partial charge in [0.25, 0.3) is 0 Å². The van der Waals surface area contributed by atoms with Crippen LogP contribution in [0.4, 0.5) is 0 Å². The number of nitrogens with zero attached hydrogens (tertiary/aromatic N) is 2. The molecule has 2 aromatic carbocycles. The van der Waals surface area contributed by atoms with Crippen LogP contribution in [0.2, 0.25) is 0 Å². The number of ether oxygens (including phenoxy) is 1. The SMILES string of the molecule is COc1ccc2c(c1)C(CC1CCN(C)CC1)(CC1CCN(C)CC1)c1ccccc1-2. The second-order valence-corrected chi connectivity index (χ2v) is 10.4. The Bertz CT molecular complexity index is 883. The molecule has 0 radical (unpaired) electrons. The Hall–Kier alpha value is -1.84. The largest absolute Gasteiger partial charge is 0.497 e. The summed E-state index contributed by atoms with van der Waals surface area (Å²) in [4.78, 5) is 5.00. The van der Waals surface area contributed by atoms with E-state index in [2.05, 4.69) is 66.4 Å². The van der Waals surface area contributed by atoms with Crippen LogP contribution in [0, 0.1) is 11.8 Å². The summed E-state index contributed by atoms with van der Waals surface area (Å²) in [5.74, 6) is 2.60. The molecule has 5 rings (SSSR count). The van der Waals surface area contributed by atoms with Crippen LogP contribution in [0.15, 0.2) is 42.5 Å². The Labute approximate surface area is 188 Å². The predicted molar refractivity (Wildman–Crippen MR) is 129 cm³/mol. The third kappa shape index (κ3) is 3.91. The lowest BCUT2D eigenvalue weighted by molar-refractivity contribution is 0.160. The van der Waals surface area contributed by atoms with Crippen LogP contribution in [0.25, 0.3) is 11.1 Å². The van der Waals surface area contributed by atoms with E-state index in [1.807, 2.05) is 0 Å². The van der Waals surface area contributed by atoms with Gasteiger partial charge in [-0.25, -0.2) is 0 Å². The van der Waals surface area contributed by atoms with Crippen molar-refractivity contribution in [1.29, 1.82) is 0 Å². The first-order valence-electron chi connectivity index (χ1n) is 12.2. The topological polar surface area (TPSA) is 15.7 Å². The van der Waals surface area contributed by atoms with Gasteiger partial charge in [-0.1, -0.05) is 30.3 Å². The second kappa shape index (κ2) is 8.60. The summed E-state index contributed by atoms with van der Waals surface area (Å²) >= 11 is 0. The molecule has 0 aromatic heterocycles. The normalized spacial score (nSPS) is 22.3. The molecule has 166 valence electrons. The highest BCUT2D eigenvalue weighted by Gasteiger charge is 2.46. The first kappa shape index (κ1) is 21.0. The van der Waals surface area contributed by atoms with E-state index in [1.54, 1.807) is 12.7 Å². The van der Waals surface area contributed by atoms with Gasteiger partial charge in [-0.3, -0.25) is 0 Å². The zero-order chi connectivity index (χ0) is 21.4. The Kier molecular flexibility index (Phi) is 5.83. The third-order valence-electron chi connectivity index (χ3n) is 8.43. The molecule has 0 atom stereocenters. The van der Waals surface area contributed by atoms with Crippen LogP contribution in [0.5, 0.6) is 5.75 Å². The number of piperidine rings is 2. The van der Waals surface area contributed by atoms with Crippen molar-refractivity contribution in [2.24, 2.45) is 11.8 Å². The highest BCUT2D eigenvalue weighted by Crippen LogP contribution is 2.57. The molecule has 3 aliphatic rings. The summed E-state index contributed by atoms with van der Waals surface area (Å²) in [6, 6.07) is 16.1. The Morgan fingerprint density at radius 2 is 1.32 bits per heavy atom. The Balaban J connectivity index is 1.58. The molecule has 0 spiro atoms. The summed E-state index contributed by atoms with van der Waals surface area (Å²) in [6.07, 6.45) is 7.87. The minimum atomic E-state index is 0.127. The van der Waals surface area contributed by atoms with E-state index in [-0.39, 0.29) is 5.41 Å². The lowest BCUT2D eigenvalue weighted by atomic mass is 9.64. The van der Waals surface area contributed by atoms with Gasteiger partial charge in [-0.15, -0.1) is 0 Å². The lowest BCUT2D eigenvalue weighted by Crippen LogP contribution is -2.38. The van der Waals surface area contributed by atoms with E-state index < -0.39 is 0 Å². The fourth-order valence-corrected chi connectivity index (χ4v) is 6.60. The summed E-state index contributed by atoms with van der Waals surface area (Å²) in [5, 5.41) is 0. The molecule has 3 nitrogen and oxygen atoms in total. The molecule has 2 aliphatic heterocycles. The molecule has 2 heterocycles. The summed E-state index contributed by atoms with van der Waals surface area (Å²) in [7, 11) is 6.35. The zero-order valence-electron chi connectivity index (χ0n) is 19.6. The second-order valence-electron chi connectivity index (χ2n) is 10.4. The number of benzene rings is 2. The van der Waals surface area contributed by atoms with E-state index in [4.69, 9.17) is 4.74 Å². The van der Waals surface area contributed by atoms with Gasteiger partial charge < -0.3 is 14.5 Å². The number of fused-ring (bicyclic) bond motifs is 3. The number of hydrogen-bond acceptors (Lipinski definition) is 3. The van der Waals surface area contributed by atoms with Crippen LogP contribution in [0.3, 0.4) is 0 Å². The lowest BCUT2D eigenvalue weighted by Gasteiger charge is -2.42. The smallest absolute Gasteiger partial charge is 0.119 e. The van der Waals surface area contributed by atoms with E-state index in [1.165, 1.54) is 81.4 Å². The van der Waals surface area contributed by atoms with Crippen LogP contribution < -0.4 is 4.74 Å². The summed E-state index contributed by atoms with van der Waals surface area (Å²) in [5.41, 5.74) is 6.14. The molecular weight excluding hydrogens is 380 g/mol. The van der Waals surface area contributed by atoms with Gasteiger partial charge in [-0.05, 0) is 125 Å². The molecule has 0 amide bonds. The van der Waals surface area contributed by atoms with Gasteiger partial charge in [-0.2, -0.15) is 0 Å². The minimum absolute atomic E-state index is 0.127. The molecule has 3 heteroatoms. The van der Waals surface area contributed by atoms with Crippen molar-refractivity contribution in [3.05, 3.63) is 53.6 Å². The molecular formula is C28H38N2O. The maximum atomic E-state index is 5.73. The van der Waals surface area contributed by atoms with Crippen LogP contribution in [-0.2, 0) is 5.41 Å². The quantitative estimate of drug-likeness (QED) is 0.644. The van der Waals surface area contributed by atoms with Crippen molar-refractivity contribution < 1.29 is 4.74 Å². The number of likely N-dealkylation sites (tertiary alicyclic amines) is 2. The van der Waals surface area contributed by atoms with Gasteiger partial charge in [0.2, 0.25) is 0 Å². The molecule has 2 saturated heterocycles. The highest BCUT2D eigenvalue weighted by atomic mass is 16.5. The van der Waals surface area contributed by atoms with Crippen LogP contribution >= 0.6 is 0 Å². The van der Waals surface area contributed by atoms with Crippen molar-refractivity contribution in [3.63, 3.8) is 0 Å². The van der Waals surface area contributed by atoms with Gasteiger partial charge in [0.05, 0.1) is 7.11 Å². The van der Waals surface area contributed by atoms with Crippen LogP contribution in [-0.4, -0.2) is 57.2 Å². The van der Waals surface area contributed by atoms with E-state index in [9.17, 15) is 0 Å². The third-order valence-corrected chi connectivity index (χ3v) is 8.43. The molecule has 0 saturated carbocycles. The zero-order valence-corrected chi connectivity index (χ0v) is 19.6. The standard InChI is InChI=1S/C28H38N2O/c1-29-14-10-21(11-15-29)19-28(20-22-12-16-30(2)17-13-22)26-7-5-4-6-24(26)25-9-8-23(31-3)18-27(25)28/h4-9,18,21-22H,10-17,19-20H2,1-3H3. The van der Waals surface area contributed by atoms with E-state index >= 15 is 0 Å². The highest BCUT2D eigenvalue weighted by molar-refractivity contribution is 5.81. The van der Waals surface area contributed by atoms with Crippen molar-refractivity contribution in [3.8, 4) is 16.9 Å². The monoisotopic (exact) mass is 418 g/mol. The van der Waals surface area contributed by atoms with Crippen molar-refractivity contribution in [2.45, 2.75) is 43.9 Å². The van der Waals surface area contributed by atoms with Crippen molar-refractivity contribution in [2.75, 3.05) is 47.4 Å². The van der Waals surface area contributed by atoms with E-state index in [0.717, 1.165) is 17.6 Å². The Morgan fingerprint density at radius 3 is 1.90 bits per heavy atom. The Morgan fingerprint density at radius 1 is 0.774 bits per heavy atom. The van der Waals surface area contributed by atoms with Crippen molar-refractivity contribution in [1.82, 2.24) is 9.80 Å². The number of hydrogen-bond donors (Lipinski definition) is 0. The summed E-state index contributed by atoms with van der Waals surface area (Å²) in [6.45, 7) is 4.95. The van der Waals surface area contributed by atoms with E-state index in [0.29, 0.717) is 0 Å². The van der Waals surface area contributed by atoms with Crippen molar-refractivity contribution >= 4 is 0 Å². The summed E-state index contributed by atoms with van der Waals surface area (Å²) < 4.78 is 5.73. The molecule has 31 heavy (non-hydrogen) atoms. The first-order chi connectivity index (χ1) is 15.1. The molecule has 2 aromatic rings. The number of rotatable bonds is 5. The minimum Gasteiger partial charge on any atom is -0.497 e. The average molecular weight is 419 g/mol. The first-order valence-corrected chi connectivity index (χ1v) is 12.2. The maximum absolute atomic E-state index is 5.73. The predicted octanol–water partition coefficient (Wildman–Crippen LogP) is 5.43. The molecule has 0 N–H and O–H groups in total. The fraction of sp³-hybridized carbons (Fsp3) is 0.571. The fourth-order valence-electron chi connectivity index (χ4n) is 6.60. The van der Waals surface area contributed by atoms with Gasteiger partial charge >= 0.3 is 0 Å². The molecule has 2 fully saturated rings. The maximum Gasteiger partial charge on any atom is 0.119 e. The molecule has 0 bridgehead atoms. The van der Waals surface area contributed by atoms with Crippen LogP contribution in [0.1, 0.15) is 49.7 Å². The van der Waals surface area contributed by atoms with Gasteiger partial charge in [0.1, 0.15) is 5.75 Å². The molecule has 0 unspecified atom stereocenters.